The number of hydrogen-bond donors (Lipinski definition) is 3. The quantitative estimate of drug-likeness (QED) is 0.710. The third kappa shape index (κ3) is 3.49. The molecule has 1 fully saturated rings. The summed E-state index contributed by atoms with van der Waals surface area (Å²) >= 11 is 3.35. The number of carbonyl (C=O) groups excluding carboxylic acids is 2. The Morgan fingerprint density at radius 2 is 2.35 bits per heavy atom. The average Bonchev–Trinajstić information content (AvgIpc) is 2.38. The average molecular weight is 341 g/mol. The van der Waals surface area contributed by atoms with Crippen molar-refractivity contribution in [3.8, 4) is 0 Å². The van der Waals surface area contributed by atoms with Crippen LogP contribution in [0.3, 0.4) is 0 Å². The van der Waals surface area contributed by atoms with E-state index in [0.717, 1.165) is 4.47 Å². The second-order valence-corrected chi connectivity index (χ2v) is 5.58. The van der Waals surface area contributed by atoms with Crippen molar-refractivity contribution in [3.05, 3.63) is 22.7 Å². The summed E-state index contributed by atoms with van der Waals surface area (Å²) in [4.78, 5) is 25.4. The number of amides is 2. The van der Waals surface area contributed by atoms with Crippen LogP contribution < -0.4 is 16.4 Å². The Balaban J connectivity index is 1.97. The molecule has 1 aromatic rings. The highest BCUT2D eigenvalue weighted by Gasteiger charge is 2.26. The summed E-state index contributed by atoms with van der Waals surface area (Å²) in [5.41, 5.74) is 6.93. The van der Waals surface area contributed by atoms with Crippen LogP contribution >= 0.6 is 15.9 Å². The topological polar surface area (TPSA) is 87.5 Å². The number of benzene rings is 1. The number of rotatable bonds is 3. The minimum atomic E-state index is -0.288. The van der Waals surface area contributed by atoms with E-state index in [1.54, 1.807) is 25.1 Å². The maximum atomic E-state index is 12.0. The fourth-order valence-electron chi connectivity index (χ4n) is 2.05. The van der Waals surface area contributed by atoms with Crippen molar-refractivity contribution in [1.29, 1.82) is 0 Å². The monoisotopic (exact) mass is 340 g/mol. The molecule has 1 saturated heterocycles. The Morgan fingerprint density at radius 3 is 3.05 bits per heavy atom. The first kappa shape index (κ1) is 14.8. The van der Waals surface area contributed by atoms with E-state index >= 15 is 0 Å². The van der Waals surface area contributed by atoms with Gasteiger partial charge in [0.25, 0.3) is 0 Å². The molecule has 108 valence electrons. The zero-order chi connectivity index (χ0) is 14.7. The summed E-state index contributed by atoms with van der Waals surface area (Å²) in [6.07, 6.45) is 0. The Morgan fingerprint density at radius 1 is 1.60 bits per heavy atom. The van der Waals surface area contributed by atoms with Crippen LogP contribution in [-0.4, -0.2) is 42.4 Å². The molecule has 0 aromatic heterocycles. The molecule has 1 heterocycles. The van der Waals surface area contributed by atoms with Gasteiger partial charge >= 0.3 is 0 Å². The second-order valence-electron chi connectivity index (χ2n) is 4.72. The number of nitrogens with one attached hydrogen (secondary N) is 2. The molecular weight excluding hydrogens is 324 g/mol. The van der Waals surface area contributed by atoms with Crippen molar-refractivity contribution in [3.63, 3.8) is 0 Å². The highest BCUT2D eigenvalue weighted by Crippen LogP contribution is 2.24. The highest BCUT2D eigenvalue weighted by atomic mass is 79.9. The van der Waals surface area contributed by atoms with Crippen LogP contribution in [0.5, 0.6) is 0 Å². The fourth-order valence-corrected chi connectivity index (χ4v) is 2.55. The first-order chi connectivity index (χ1) is 9.47. The molecule has 1 aliphatic heterocycles. The molecule has 0 bridgehead atoms. The van der Waals surface area contributed by atoms with E-state index < -0.39 is 0 Å². The number of nitrogen functional groups attached to an aromatic ring is 1. The molecule has 2 amide bonds. The molecule has 1 aromatic carbocycles. The molecular formula is C13H17BrN4O2. The molecule has 2 rings (SSSR count). The van der Waals surface area contributed by atoms with Gasteiger partial charge in [-0.25, -0.2) is 0 Å². The first-order valence-electron chi connectivity index (χ1n) is 6.34. The summed E-state index contributed by atoms with van der Waals surface area (Å²) in [5.74, 6) is -0.199. The van der Waals surface area contributed by atoms with Crippen LogP contribution in [0.25, 0.3) is 0 Å². The van der Waals surface area contributed by atoms with Crippen LogP contribution in [0.15, 0.2) is 22.7 Å². The molecule has 6 nitrogen and oxygen atoms in total. The first-order valence-corrected chi connectivity index (χ1v) is 7.13. The Kier molecular flexibility index (Phi) is 4.61. The smallest absolute Gasteiger partial charge is 0.238 e. The van der Waals surface area contributed by atoms with Crippen molar-refractivity contribution < 1.29 is 9.59 Å². The number of halogens is 1. The minimum absolute atomic E-state index is 0.0438. The molecule has 1 unspecified atom stereocenters. The number of hydrogen-bond acceptors (Lipinski definition) is 4. The van der Waals surface area contributed by atoms with E-state index in [1.807, 2.05) is 4.90 Å². The summed E-state index contributed by atoms with van der Waals surface area (Å²) < 4.78 is 0.732. The van der Waals surface area contributed by atoms with Crippen LogP contribution in [0.1, 0.15) is 6.92 Å². The van der Waals surface area contributed by atoms with Crippen LogP contribution in [0.2, 0.25) is 0 Å². The SMILES string of the molecule is CC1C(=O)NCCN1CC(=O)Nc1ccc(N)cc1Br. The fraction of sp³-hybridized carbons (Fsp3) is 0.385. The van der Waals surface area contributed by atoms with Gasteiger partial charge < -0.3 is 16.4 Å². The molecule has 1 aliphatic rings. The number of piperazine rings is 1. The second kappa shape index (κ2) is 6.23. The molecule has 0 aliphatic carbocycles. The third-order valence-electron chi connectivity index (χ3n) is 3.24. The Bertz CT molecular complexity index is 535. The summed E-state index contributed by atoms with van der Waals surface area (Å²) in [6, 6.07) is 4.90. The zero-order valence-corrected chi connectivity index (χ0v) is 12.7. The normalized spacial score (nSPS) is 19.5. The van der Waals surface area contributed by atoms with Gasteiger partial charge in [-0.15, -0.1) is 0 Å². The van der Waals surface area contributed by atoms with E-state index in [0.29, 0.717) is 24.5 Å². The number of carbonyl (C=O) groups is 2. The maximum Gasteiger partial charge on any atom is 0.238 e. The lowest BCUT2D eigenvalue weighted by atomic mass is 10.2. The van der Waals surface area contributed by atoms with Gasteiger partial charge in [-0.2, -0.15) is 0 Å². The van der Waals surface area contributed by atoms with Gasteiger partial charge in [0.05, 0.1) is 18.3 Å². The van der Waals surface area contributed by atoms with Gasteiger partial charge in [-0.1, -0.05) is 0 Å². The van der Waals surface area contributed by atoms with Crippen LogP contribution in [0.4, 0.5) is 11.4 Å². The largest absolute Gasteiger partial charge is 0.399 e. The molecule has 4 N–H and O–H groups in total. The minimum Gasteiger partial charge on any atom is -0.399 e. The van der Waals surface area contributed by atoms with Crippen molar-refractivity contribution in [1.82, 2.24) is 10.2 Å². The van der Waals surface area contributed by atoms with Gasteiger partial charge in [0, 0.05) is 23.2 Å². The number of nitrogens with zero attached hydrogens (tertiary/aromatic N) is 1. The lowest BCUT2D eigenvalue weighted by molar-refractivity contribution is -0.129. The van der Waals surface area contributed by atoms with Gasteiger partial charge in [0.1, 0.15) is 0 Å². The molecule has 0 spiro atoms. The van der Waals surface area contributed by atoms with Crippen molar-refractivity contribution in [2.24, 2.45) is 0 Å². The summed E-state index contributed by atoms with van der Waals surface area (Å²) in [6.45, 7) is 3.22. The molecule has 0 radical (unpaired) electrons. The van der Waals surface area contributed by atoms with Gasteiger partial charge in [-0.05, 0) is 41.1 Å². The molecule has 1 atom stereocenters. The third-order valence-corrected chi connectivity index (χ3v) is 3.90. The van der Waals surface area contributed by atoms with Crippen molar-refractivity contribution in [2.75, 3.05) is 30.7 Å². The van der Waals surface area contributed by atoms with Crippen molar-refractivity contribution >= 4 is 39.1 Å². The van der Waals surface area contributed by atoms with E-state index in [1.165, 1.54) is 0 Å². The molecule has 7 heteroatoms. The summed E-state index contributed by atoms with van der Waals surface area (Å²) in [7, 11) is 0. The maximum absolute atomic E-state index is 12.0. The predicted octanol–water partition coefficient (Wildman–Crippen LogP) is 0.790. The van der Waals surface area contributed by atoms with E-state index in [9.17, 15) is 9.59 Å². The zero-order valence-electron chi connectivity index (χ0n) is 11.1. The van der Waals surface area contributed by atoms with E-state index in [-0.39, 0.29) is 24.4 Å². The van der Waals surface area contributed by atoms with Crippen molar-refractivity contribution in [2.45, 2.75) is 13.0 Å². The Labute approximate surface area is 125 Å². The summed E-state index contributed by atoms with van der Waals surface area (Å²) in [5, 5.41) is 5.57. The van der Waals surface area contributed by atoms with Gasteiger partial charge in [0.2, 0.25) is 11.8 Å². The van der Waals surface area contributed by atoms with E-state index in [2.05, 4.69) is 26.6 Å². The van der Waals surface area contributed by atoms with Gasteiger partial charge in [0.15, 0.2) is 0 Å². The lowest BCUT2D eigenvalue weighted by Crippen LogP contribution is -2.55. The van der Waals surface area contributed by atoms with Gasteiger partial charge in [-0.3, -0.25) is 14.5 Å². The number of anilines is 2. The van der Waals surface area contributed by atoms with Crippen LogP contribution in [-0.2, 0) is 9.59 Å². The van der Waals surface area contributed by atoms with Crippen LogP contribution in [0, 0.1) is 0 Å². The van der Waals surface area contributed by atoms with E-state index in [4.69, 9.17) is 5.73 Å². The Hall–Kier alpha value is -1.60. The molecule has 20 heavy (non-hydrogen) atoms. The highest BCUT2D eigenvalue weighted by molar-refractivity contribution is 9.10. The molecule has 0 saturated carbocycles. The lowest BCUT2D eigenvalue weighted by Gasteiger charge is -2.32. The predicted molar refractivity (Wildman–Crippen MR) is 81.2 cm³/mol. The standard InChI is InChI=1S/C13H17BrN4O2/c1-8-13(20)16-4-5-18(8)7-12(19)17-11-3-2-9(15)6-10(11)14/h2-3,6,8H,4-5,7,15H2,1H3,(H,16,20)(H,17,19). The number of nitrogens with two attached hydrogens (primary N) is 1.